The number of carbonyl (C=O) groups excluding carboxylic acids is 2. The number of nitrogens with zero attached hydrogens (tertiary/aromatic N) is 3. The Kier molecular flexibility index (Phi) is 7.57. The molecule has 0 aromatic heterocycles. The van der Waals surface area contributed by atoms with Crippen molar-refractivity contribution in [3.05, 3.63) is 65.5 Å². The Morgan fingerprint density at radius 1 is 1.12 bits per heavy atom. The lowest BCUT2D eigenvalue weighted by molar-refractivity contribution is -0.146. The molecule has 7 nitrogen and oxygen atoms in total. The maximum Gasteiger partial charge on any atom is 0.262 e. The number of para-hydroxylation sites is 1. The van der Waals surface area contributed by atoms with Crippen LogP contribution >= 0.6 is 0 Å². The lowest BCUT2D eigenvalue weighted by atomic mass is 9.84. The fourth-order valence-corrected chi connectivity index (χ4v) is 4.40. The molecule has 4 rings (SSSR count). The summed E-state index contributed by atoms with van der Waals surface area (Å²) in [5, 5.41) is 5.94. The van der Waals surface area contributed by atoms with E-state index in [0.29, 0.717) is 36.6 Å². The van der Waals surface area contributed by atoms with Crippen molar-refractivity contribution in [1.82, 2.24) is 9.91 Å². The summed E-state index contributed by atoms with van der Waals surface area (Å²) >= 11 is 0. The van der Waals surface area contributed by atoms with Gasteiger partial charge in [-0.15, -0.1) is 0 Å². The first kappa shape index (κ1) is 23.9. The van der Waals surface area contributed by atoms with Crippen LogP contribution in [0.5, 0.6) is 5.75 Å². The van der Waals surface area contributed by atoms with Crippen molar-refractivity contribution in [2.75, 3.05) is 33.9 Å². The molecule has 1 saturated carbocycles. The molecule has 1 aliphatic carbocycles. The van der Waals surface area contributed by atoms with Crippen LogP contribution in [0.25, 0.3) is 0 Å². The fourth-order valence-electron chi connectivity index (χ4n) is 4.40. The van der Waals surface area contributed by atoms with Crippen LogP contribution in [0.2, 0.25) is 0 Å². The van der Waals surface area contributed by atoms with Crippen molar-refractivity contribution in [3.8, 4) is 5.75 Å². The van der Waals surface area contributed by atoms with Crippen LogP contribution in [0.4, 0.5) is 4.39 Å². The van der Waals surface area contributed by atoms with Gasteiger partial charge in [0, 0.05) is 37.1 Å². The Morgan fingerprint density at radius 3 is 2.53 bits per heavy atom. The van der Waals surface area contributed by atoms with Gasteiger partial charge in [0.1, 0.15) is 18.1 Å². The van der Waals surface area contributed by atoms with Crippen molar-refractivity contribution in [1.29, 1.82) is 0 Å². The van der Waals surface area contributed by atoms with E-state index in [4.69, 9.17) is 9.47 Å². The summed E-state index contributed by atoms with van der Waals surface area (Å²) in [6.45, 7) is 0.554. The predicted octanol–water partition coefficient (Wildman–Crippen LogP) is 3.79. The zero-order valence-electron chi connectivity index (χ0n) is 19.6. The molecule has 0 N–H and O–H groups in total. The van der Waals surface area contributed by atoms with Gasteiger partial charge < -0.3 is 14.4 Å². The highest BCUT2D eigenvalue weighted by atomic mass is 19.1. The maximum atomic E-state index is 14.6. The summed E-state index contributed by atoms with van der Waals surface area (Å²) in [5.74, 6) is -0.159. The van der Waals surface area contributed by atoms with Crippen molar-refractivity contribution >= 4 is 17.5 Å². The molecule has 1 unspecified atom stereocenters. The third-order valence-electron chi connectivity index (χ3n) is 6.51. The molecule has 2 aliphatic rings. The minimum Gasteiger partial charge on any atom is -0.496 e. The number of methoxy groups -OCH3 is 2. The molecule has 1 heterocycles. The van der Waals surface area contributed by atoms with Gasteiger partial charge in [-0.05, 0) is 25.0 Å². The third-order valence-corrected chi connectivity index (χ3v) is 6.51. The number of carbonyl (C=O) groups is 2. The highest BCUT2D eigenvalue weighted by Crippen LogP contribution is 2.38. The molecular formula is C26H30FN3O4. The summed E-state index contributed by atoms with van der Waals surface area (Å²) in [6, 6.07) is 13.4. The molecule has 34 heavy (non-hydrogen) atoms. The minimum atomic E-state index is -0.471. The first-order valence-electron chi connectivity index (χ1n) is 11.6. The smallest absolute Gasteiger partial charge is 0.262 e. The number of amides is 2. The number of hydrogen-bond donors (Lipinski definition) is 0. The van der Waals surface area contributed by atoms with Gasteiger partial charge in [-0.1, -0.05) is 42.8 Å². The number of ether oxygens (including phenoxy) is 2. The average molecular weight is 468 g/mol. The van der Waals surface area contributed by atoms with Gasteiger partial charge in [0.2, 0.25) is 5.91 Å². The van der Waals surface area contributed by atoms with E-state index in [0.717, 1.165) is 24.8 Å². The van der Waals surface area contributed by atoms with Crippen LogP contribution in [0, 0.1) is 11.7 Å². The lowest BCUT2D eigenvalue weighted by Gasteiger charge is -2.32. The molecule has 0 bridgehead atoms. The van der Waals surface area contributed by atoms with Gasteiger partial charge in [0.05, 0.1) is 25.5 Å². The van der Waals surface area contributed by atoms with E-state index in [1.54, 1.807) is 37.3 Å². The molecule has 2 amide bonds. The van der Waals surface area contributed by atoms with E-state index in [1.165, 1.54) is 11.1 Å². The van der Waals surface area contributed by atoms with Gasteiger partial charge in [0.15, 0.2) is 0 Å². The van der Waals surface area contributed by atoms with Crippen LogP contribution in [-0.4, -0.2) is 61.4 Å². The van der Waals surface area contributed by atoms with E-state index < -0.39 is 11.9 Å². The van der Waals surface area contributed by atoms with E-state index >= 15 is 0 Å². The molecule has 180 valence electrons. The summed E-state index contributed by atoms with van der Waals surface area (Å²) < 4.78 is 25.3. The first-order chi connectivity index (χ1) is 16.5. The van der Waals surface area contributed by atoms with E-state index in [1.807, 2.05) is 24.3 Å². The zero-order chi connectivity index (χ0) is 24.1. The van der Waals surface area contributed by atoms with Crippen LogP contribution in [-0.2, 0) is 14.3 Å². The van der Waals surface area contributed by atoms with Gasteiger partial charge in [-0.2, -0.15) is 5.10 Å². The Morgan fingerprint density at radius 2 is 1.85 bits per heavy atom. The lowest BCUT2D eigenvalue weighted by Crippen LogP contribution is -2.46. The molecule has 2 aromatic carbocycles. The summed E-state index contributed by atoms with van der Waals surface area (Å²) in [5.41, 5.74) is 1.62. The van der Waals surface area contributed by atoms with Crippen molar-refractivity contribution in [2.24, 2.45) is 11.0 Å². The van der Waals surface area contributed by atoms with E-state index in [-0.39, 0.29) is 24.3 Å². The first-order valence-corrected chi connectivity index (χ1v) is 11.6. The Hall–Kier alpha value is -3.26. The summed E-state index contributed by atoms with van der Waals surface area (Å²) in [4.78, 5) is 28.1. The Labute approximate surface area is 199 Å². The van der Waals surface area contributed by atoms with Crippen LogP contribution in [0.1, 0.15) is 42.9 Å². The molecular weight excluding hydrogens is 437 g/mol. The van der Waals surface area contributed by atoms with E-state index in [2.05, 4.69) is 5.10 Å². The van der Waals surface area contributed by atoms with Crippen LogP contribution in [0.15, 0.2) is 53.6 Å². The number of halogens is 1. The minimum absolute atomic E-state index is 0.0250. The van der Waals surface area contributed by atoms with Crippen LogP contribution < -0.4 is 4.74 Å². The van der Waals surface area contributed by atoms with Gasteiger partial charge in [-0.3, -0.25) is 9.59 Å². The largest absolute Gasteiger partial charge is 0.496 e. The second kappa shape index (κ2) is 10.8. The topological polar surface area (TPSA) is 71.4 Å². The monoisotopic (exact) mass is 467 g/mol. The Balaban J connectivity index is 1.64. The zero-order valence-corrected chi connectivity index (χ0v) is 19.6. The SMILES string of the molecule is COCCN(CC(=O)N1N=C(c2ccccc2F)CC1c1ccccc1OC)C(=O)C1CCC1. The average Bonchev–Trinajstić information content (AvgIpc) is 3.26. The summed E-state index contributed by atoms with van der Waals surface area (Å²) in [7, 11) is 3.14. The predicted molar refractivity (Wildman–Crippen MR) is 126 cm³/mol. The quantitative estimate of drug-likeness (QED) is 0.563. The van der Waals surface area contributed by atoms with Crippen molar-refractivity contribution < 1.29 is 23.5 Å². The highest BCUT2D eigenvalue weighted by Gasteiger charge is 2.37. The van der Waals surface area contributed by atoms with Crippen LogP contribution in [0.3, 0.4) is 0 Å². The molecule has 0 radical (unpaired) electrons. The van der Waals surface area contributed by atoms with Gasteiger partial charge >= 0.3 is 0 Å². The second-order valence-corrected chi connectivity index (χ2v) is 8.61. The molecule has 2 aromatic rings. The maximum absolute atomic E-state index is 14.6. The van der Waals surface area contributed by atoms with E-state index in [9.17, 15) is 14.0 Å². The van der Waals surface area contributed by atoms with Crippen molar-refractivity contribution in [3.63, 3.8) is 0 Å². The third kappa shape index (κ3) is 4.97. The molecule has 1 fully saturated rings. The standard InChI is InChI=1S/C26H30FN3O4/c1-33-15-14-29(26(32)18-8-7-9-18)17-25(31)30-23(20-11-4-6-13-24(20)34-2)16-22(28-30)19-10-3-5-12-21(19)27/h3-6,10-13,18,23H,7-9,14-17H2,1-2H3. The molecule has 0 saturated heterocycles. The second-order valence-electron chi connectivity index (χ2n) is 8.61. The molecule has 1 aliphatic heterocycles. The Bertz CT molecular complexity index is 1070. The fraction of sp³-hybridized carbons (Fsp3) is 0.423. The summed E-state index contributed by atoms with van der Waals surface area (Å²) in [6.07, 6.45) is 3.06. The van der Waals surface area contributed by atoms with Gasteiger partial charge in [0.25, 0.3) is 5.91 Å². The highest BCUT2D eigenvalue weighted by molar-refractivity contribution is 6.03. The normalized spacial score (nSPS) is 17.8. The number of hydrogen-bond acceptors (Lipinski definition) is 5. The molecule has 8 heteroatoms. The van der Waals surface area contributed by atoms with Crippen molar-refractivity contribution in [2.45, 2.75) is 31.7 Å². The number of hydrazone groups is 1. The van der Waals surface area contributed by atoms with Gasteiger partial charge in [-0.25, -0.2) is 9.40 Å². The number of rotatable bonds is 9. The number of benzene rings is 2. The molecule has 0 spiro atoms. The molecule has 1 atom stereocenters.